The molecule has 1 aliphatic heterocycles. The molecule has 112 valence electrons. The normalized spacial score (nSPS) is 17.2. The first-order valence-corrected chi connectivity index (χ1v) is 7.23. The first-order valence-electron chi connectivity index (χ1n) is 7.23. The molecule has 6 heteroatoms. The van der Waals surface area contributed by atoms with E-state index in [0.717, 1.165) is 32.5 Å². The molecule has 0 atom stereocenters. The average molecular weight is 280 g/mol. The van der Waals surface area contributed by atoms with Gasteiger partial charge in [0.15, 0.2) is 0 Å². The molecular weight excluding hydrogens is 256 g/mol. The quantitative estimate of drug-likeness (QED) is 0.733. The van der Waals surface area contributed by atoms with E-state index in [4.69, 9.17) is 4.74 Å². The second-order valence-electron chi connectivity index (χ2n) is 5.29. The van der Waals surface area contributed by atoms with Crippen LogP contribution in [0.4, 0.5) is 0 Å². The summed E-state index contributed by atoms with van der Waals surface area (Å²) in [7, 11) is 1.64. The summed E-state index contributed by atoms with van der Waals surface area (Å²) in [5.41, 5.74) is 0. The monoisotopic (exact) mass is 280 g/mol. The van der Waals surface area contributed by atoms with Crippen molar-refractivity contribution in [1.29, 1.82) is 0 Å². The number of nitrogens with zero attached hydrogens (tertiary/aromatic N) is 3. The van der Waals surface area contributed by atoms with Gasteiger partial charge in [0.25, 0.3) is 0 Å². The van der Waals surface area contributed by atoms with E-state index in [-0.39, 0.29) is 5.91 Å². The number of aromatic nitrogens is 2. The first kappa shape index (κ1) is 15.0. The summed E-state index contributed by atoms with van der Waals surface area (Å²) >= 11 is 0. The van der Waals surface area contributed by atoms with Crippen molar-refractivity contribution >= 4 is 5.91 Å². The number of piperidine rings is 1. The van der Waals surface area contributed by atoms with Gasteiger partial charge < -0.3 is 10.1 Å². The molecule has 0 radical (unpaired) electrons. The number of hydrogen-bond donors (Lipinski definition) is 1. The lowest BCUT2D eigenvalue weighted by Crippen LogP contribution is -2.42. The van der Waals surface area contributed by atoms with Gasteiger partial charge in [-0.3, -0.25) is 14.4 Å². The number of methoxy groups -OCH3 is 1. The van der Waals surface area contributed by atoms with Crippen LogP contribution in [0, 0.1) is 5.92 Å². The summed E-state index contributed by atoms with van der Waals surface area (Å²) in [4.78, 5) is 13.9. The minimum absolute atomic E-state index is 0.0903. The number of hydrogen-bond acceptors (Lipinski definition) is 4. The van der Waals surface area contributed by atoms with Gasteiger partial charge in [0.2, 0.25) is 5.91 Å². The topological polar surface area (TPSA) is 59.4 Å². The Bertz CT molecular complexity index is 386. The minimum atomic E-state index is 0.0903. The van der Waals surface area contributed by atoms with E-state index in [2.05, 4.69) is 15.3 Å². The maximum Gasteiger partial charge on any atom is 0.234 e. The van der Waals surface area contributed by atoms with Crippen LogP contribution in [-0.4, -0.2) is 60.5 Å². The molecule has 20 heavy (non-hydrogen) atoms. The molecule has 0 spiro atoms. The fourth-order valence-corrected chi connectivity index (χ4v) is 2.55. The Morgan fingerprint density at radius 1 is 1.45 bits per heavy atom. The largest absolute Gasteiger partial charge is 0.383 e. The molecule has 1 N–H and O–H groups in total. The van der Waals surface area contributed by atoms with E-state index in [1.807, 2.05) is 23.1 Å². The summed E-state index contributed by atoms with van der Waals surface area (Å²) in [6, 6.07) is 1.96. The zero-order valence-electron chi connectivity index (χ0n) is 12.1. The van der Waals surface area contributed by atoms with Crippen LogP contribution < -0.4 is 5.32 Å². The fraction of sp³-hybridized carbons (Fsp3) is 0.714. The molecule has 2 rings (SSSR count). The van der Waals surface area contributed by atoms with Gasteiger partial charge in [0.05, 0.1) is 13.2 Å². The molecule has 1 saturated heterocycles. The average Bonchev–Trinajstić information content (AvgIpc) is 2.94. The maximum atomic E-state index is 11.7. The van der Waals surface area contributed by atoms with Crippen LogP contribution in [0.25, 0.3) is 0 Å². The number of amides is 1. The molecule has 1 amide bonds. The highest BCUT2D eigenvalue weighted by Gasteiger charge is 2.21. The van der Waals surface area contributed by atoms with E-state index in [0.29, 0.717) is 25.6 Å². The molecule has 0 aromatic carbocycles. The van der Waals surface area contributed by atoms with Crippen molar-refractivity contribution in [3.63, 3.8) is 0 Å². The van der Waals surface area contributed by atoms with Gasteiger partial charge in [-0.2, -0.15) is 5.10 Å². The predicted molar refractivity (Wildman–Crippen MR) is 76.3 cm³/mol. The Kier molecular flexibility index (Phi) is 6.01. The number of ether oxygens (including phenoxy) is 1. The molecule has 0 saturated carbocycles. The molecule has 0 aliphatic carbocycles. The molecule has 0 bridgehead atoms. The zero-order valence-corrected chi connectivity index (χ0v) is 12.1. The van der Waals surface area contributed by atoms with Crippen molar-refractivity contribution in [1.82, 2.24) is 20.0 Å². The van der Waals surface area contributed by atoms with Crippen molar-refractivity contribution in [3.8, 4) is 0 Å². The van der Waals surface area contributed by atoms with Gasteiger partial charge in [-0.1, -0.05) is 0 Å². The zero-order chi connectivity index (χ0) is 14.2. The van der Waals surface area contributed by atoms with Crippen molar-refractivity contribution < 1.29 is 9.53 Å². The molecule has 1 fully saturated rings. The van der Waals surface area contributed by atoms with Gasteiger partial charge in [-0.15, -0.1) is 0 Å². The SMILES string of the molecule is COCCNC(=O)CN1CCC(Cn2cccn2)CC1. The van der Waals surface area contributed by atoms with Crippen LogP contribution in [-0.2, 0) is 16.1 Å². The summed E-state index contributed by atoms with van der Waals surface area (Å²) < 4.78 is 6.91. The number of likely N-dealkylation sites (tertiary alicyclic amines) is 1. The van der Waals surface area contributed by atoms with Crippen LogP contribution in [0.15, 0.2) is 18.5 Å². The van der Waals surface area contributed by atoms with Crippen LogP contribution in [0.5, 0.6) is 0 Å². The minimum Gasteiger partial charge on any atom is -0.383 e. The number of carbonyl (C=O) groups excluding carboxylic acids is 1. The highest BCUT2D eigenvalue weighted by molar-refractivity contribution is 5.77. The molecule has 2 heterocycles. The Hall–Kier alpha value is -1.40. The van der Waals surface area contributed by atoms with Crippen LogP contribution in [0.3, 0.4) is 0 Å². The van der Waals surface area contributed by atoms with E-state index >= 15 is 0 Å². The van der Waals surface area contributed by atoms with Gasteiger partial charge in [0.1, 0.15) is 0 Å². The van der Waals surface area contributed by atoms with Crippen LogP contribution in [0.2, 0.25) is 0 Å². The number of nitrogens with one attached hydrogen (secondary N) is 1. The second kappa shape index (κ2) is 8.01. The molecule has 6 nitrogen and oxygen atoms in total. The van der Waals surface area contributed by atoms with Crippen molar-refractivity contribution in [2.24, 2.45) is 5.92 Å². The van der Waals surface area contributed by atoms with E-state index in [1.54, 1.807) is 7.11 Å². The molecule has 0 unspecified atom stereocenters. The van der Waals surface area contributed by atoms with Gasteiger partial charge in [-0.05, 0) is 37.9 Å². The molecular formula is C14H24N4O2. The lowest BCUT2D eigenvalue weighted by atomic mass is 9.97. The second-order valence-corrected chi connectivity index (χ2v) is 5.29. The van der Waals surface area contributed by atoms with Gasteiger partial charge in [0, 0.05) is 32.6 Å². The van der Waals surface area contributed by atoms with E-state index in [1.165, 1.54) is 0 Å². The Morgan fingerprint density at radius 2 is 2.25 bits per heavy atom. The molecule has 1 aromatic heterocycles. The van der Waals surface area contributed by atoms with Crippen LogP contribution in [0.1, 0.15) is 12.8 Å². The van der Waals surface area contributed by atoms with Crippen molar-refractivity contribution in [2.45, 2.75) is 19.4 Å². The van der Waals surface area contributed by atoms with E-state index < -0.39 is 0 Å². The number of rotatable bonds is 7. The third kappa shape index (κ3) is 4.94. The smallest absolute Gasteiger partial charge is 0.234 e. The molecule has 1 aliphatic rings. The standard InChI is InChI=1S/C14H24N4O2/c1-20-10-6-15-14(19)12-17-8-3-13(4-9-17)11-18-7-2-5-16-18/h2,5,7,13H,3-4,6,8-12H2,1H3,(H,15,19). The van der Waals surface area contributed by atoms with Gasteiger partial charge in [-0.25, -0.2) is 0 Å². The summed E-state index contributed by atoms with van der Waals surface area (Å²) in [6.07, 6.45) is 6.09. The lowest BCUT2D eigenvalue weighted by Gasteiger charge is -2.31. The third-order valence-corrected chi connectivity index (χ3v) is 3.71. The highest BCUT2D eigenvalue weighted by Crippen LogP contribution is 2.18. The Labute approximate surface area is 120 Å². The summed E-state index contributed by atoms with van der Waals surface area (Å²) in [5, 5.41) is 7.11. The lowest BCUT2D eigenvalue weighted by molar-refractivity contribution is -0.122. The van der Waals surface area contributed by atoms with Crippen molar-refractivity contribution in [2.75, 3.05) is 39.9 Å². The number of carbonyl (C=O) groups is 1. The predicted octanol–water partition coefficient (Wildman–Crippen LogP) is 0.358. The highest BCUT2D eigenvalue weighted by atomic mass is 16.5. The van der Waals surface area contributed by atoms with E-state index in [9.17, 15) is 4.79 Å². The fourth-order valence-electron chi connectivity index (χ4n) is 2.55. The van der Waals surface area contributed by atoms with Gasteiger partial charge >= 0.3 is 0 Å². The Morgan fingerprint density at radius 3 is 2.90 bits per heavy atom. The Balaban J connectivity index is 1.62. The summed E-state index contributed by atoms with van der Waals surface area (Å²) in [5.74, 6) is 0.760. The van der Waals surface area contributed by atoms with Crippen molar-refractivity contribution in [3.05, 3.63) is 18.5 Å². The summed E-state index contributed by atoms with van der Waals surface area (Å²) in [6.45, 7) is 4.62. The van der Waals surface area contributed by atoms with Crippen LogP contribution >= 0.6 is 0 Å². The maximum absolute atomic E-state index is 11.7. The first-order chi connectivity index (χ1) is 9.78. The molecule has 1 aromatic rings. The third-order valence-electron chi connectivity index (χ3n) is 3.71.